The fourth-order valence-electron chi connectivity index (χ4n) is 6.26. The minimum Gasteiger partial charge on any atom is -0.481 e. The SMILES string of the molecule is CC1=NC(COCCOCC2COC(C)(C)O2)=C(C(=O)OCCC(c2ccccc2)c2ccccc2)C(c2cccc(Cl)c2)C1C(=O)O. The van der Waals surface area contributed by atoms with Crippen molar-refractivity contribution < 1.29 is 38.4 Å². The Morgan fingerprint density at radius 2 is 1.62 bits per heavy atom. The van der Waals surface area contributed by atoms with Crippen molar-refractivity contribution in [1.29, 1.82) is 0 Å². The molecule has 1 saturated heterocycles. The van der Waals surface area contributed by atoms with Crippen LogP contribution in [0.2, 0.25) is 5.02 Å². The number of rotatable bonds is 15. The van der Waals surface area contributed by atoms with Gasteiger partial charge < -0.3 is 28.8 Å². The highest BCUT2D eigenvalue weighted by Gasteiger charge is 2.42. The topological polar surface area (TPSA) is 113 Å². The molecule has 9 nitrogen and oxygen atoms in total. The Hall–Kier alpha value is -3.86. The molecule has 2 aliphatic rings. The molecule has 2 aliphatic heterocycles. The van der Waals surface area contributed by atoms with Gasteiger partial charge in [-0.25, -0.2) is 4.79 Å². The van der Waals surface area contributed by atoms with E-state index in [1.165, 1.54) is 0 Å². The normalized spacial score (nSPS) is 20.5. The molecule has 1 fully saturated rings. The van der Waals surface area contributed by atoms with Crippen LogP contribution in [0.1, 0.15) is 55.7 Å². The Kier molecular flexibility index (Phi) is 12.2. The average Bonchev–Trinajstić information content (AvgIpc) is 3.42. The van der Waals surface area contributed by atoms with Crippen molar-refractivity contribution in [3.8, 4) is 0 Å². The Morgan fingerprint density at radius 1 is 0.958 bits per heavy atom. The quantitative estimate of drug-likeness (QED) is 0.138. The van der Waals surface area contributed by atoms with Crippen molar-refractivity contribution in [3.05, 3.63) is 118 Å². The smallest absolute Gasteiger partial charge is 0.336 e. The molecule has 5 rings (SSSR count). The van der Waals surface area contributed by atoms with Crippen LogP contribution in [0.5, 0.6) is 0 Å². The molecule has 2 heterocycles. The van der Waals surface area contributed by atoms with Gasteiger partial charge in [0, 0.05) is 22.6 Å². The molecular formula is C38H42ClNO8. The van der Waals surface area contributed by atoms with Gasteiger partial charge in [-0.2, -0.15) is 0 Å². The molecule has 0 amide bonds. The van der Waals surface area contributed by atoms with Gasteiger partial charge in [-0.1, -0.05) is 84.4 Å². The number of benzene rings is 3. The summed E-state index contributed by atoms with van der Waals surface area (Å²) >= 11 is 6.36. The van der Waals surface area contributed by atoms with Crippen LogP contribution in [0.3, 0.4) is 0 Å². The summed E-state index contributed by atoms with van der Waals surface area (Å²) in [6.07, 6.45) is 0.361. The summed E-state index contributed by atoms with van der Waals surface area (Å²) < 4.78 is 28.9. The van der Waals surface area contributed by atoms with Gasteiger partial charge >= 0.3 is 11.9 Å². The summed E-state index contributed by atoms with van der Waals surface area (Å²) in [7, 11) is 0. The monoisotopic (exact) mass is 675 g/mol. The standard InChI is InChI=1S/C38H42ClNO8/c1-25-33(36(41)42)34(28-15-10-16-29(39)21-28)35(32(40-25)24-45-20-19-44-22-30-23-47-38(2,3)48-30)37(43)46-18-17-31(26-11-6-4-7-12-26)27-13-8-5-9-14-27/h4-16,21,30-31,33-34H,17-20,22-24H2,1-3H3,(H,41,42). The predicted molar refractivity (Wildman–Crippen MR) is 182 cm³/mol. The van der Waals surface area contributed by atoms with Gasteiger partial charge in [-0.15, -0.1) is 0 Å². The molecule has 3 unspecified atom stereocenters. The van der Waals surface area contributed by atoms with E-state index < -0.39 is 29.6 Å². The van der Waals surface area contributed by atoms with E-state index in [4.69, 9.17) is 35.3 Å². The highest BCUT2D eigenvalue weighted by molar-refractivity contribution is 6.30. The number of carboxylic acids is 1. The zero-order valence-corrected chi connectivity index (χ0v) is 28.2. The number of carboxylic acid groups (broad SMARTS) is 1. The second-order valence-electron chi connectivity index (χ2n) is 12.3. The van der Waals surface area contributed by atoms with Gasteiger partial charge in [0.1, 0.15) is 12.0 Å². The lowest BCUT2D eigenvalue weighted by molar-refractivity contribution is -0.145. The van der Waals surface area contributed by atoms with Crippen molar-refractivity contribution in [1.82, 2.24) is 0 Å². The van der Waals surface area contributed by atoms with Crippen molar-refractivity contribution in [3.63, 3.8) is 0 Å². The lowest BCUT2D eigenvalue weighted by Crippen LogP contribution is -2.36. The number of hydrogen-bond donors (Lipinski definition) is 1. The second kappa shape index (κ2) is 16.5. The van der Waals surface area contributed by atoms with Crippen molar-refractivity contribution in [2.45, 2.75) is 50.9 Å². The van der Waals surface area contributed by atoms with E-state index >= 15 is 0 Å². The first-order chi connectivity index (χ1) is 23.1. The van der Waals surface area contributed by atoms with Crippen LogP contribution < -0.4 is 0 Å². The van der Waals surface area contributed by atoms with Gasteiger partial charge in [-0.05, 0) is 56.0 Å². The highest BCUT2D eigenvalue weighted by Crippen LogP contribution is 2.41. The van der Waals surface area contributed by atoms with Crippen LogP contribution >= 0.6 is 11.6 Å². The first kappa shape index (κ1) is 35.4. The van der Waals surface area contributed by atoms with Gasteiger partial charge in [0.25, 0.3) is 0 Å². The number of ether oxygens (including phenoxy) is 5. The number of esters is 1. The summed E-state index contributed by atoms with van der Waals surface area (Å²) in [5.41, 5.74) is 3.60. The zero-order valence-electron chi connectivity index (χ0n) is 27.5. The van der Waals surface area contributed by atoms with Crippen molar-refractivity contribution in [2.75, 3.05) is 39.6 Å². The summed E-state index contributed by atoms with van der Waals surface area (Å²) in [6.45, 7) is 6.74. The van der Waals surface area contributed by atoms with Crippen molar-refractivity contribution >= 4 is 29.3 Å². The lowest BCUT2D eigenvalue weighted by Gasteiger charge is -2.31. The first-order valence-electron chi connectivity index (χ1n) is 16.1. The fourth-order valence-corrected chi connectivity index (χ4v) is 6.45. The molecule has 48 heavy (non-hydrogen) atoms. The van der Waals surface area contributed by atoms with Crippen LogP contribution in [0.15, 0.2) is 101 Å². The van der Waals surface area contributed by atoms with Gasteiger partial charge in [0.15, 0.2) is 5.79 Å². The molecule has 10 heteroatoms. The maximum Gasteiger partial charge on any atom is 0.336 e. The largest absolute Gasteiger partial charge is 0.481 e. The van der Waals surface area contributed by atoms with E-state index in [2.05, 4.69) is 29.3 Å². The third-order valence-electron chi connectivity index (χ3n) is 8.44. The number of hydrogen-bond acceptors (Lipinski definition) is 8. The molecule has 0 aromatic heterocycles. The number of halogens is 1. The maximum absolute atomic E-state index is 14.1. The van der Waals surface area contributed by atoms with Gasteiger partial charge in [-0.3, -0.25) is 9.79 Å². The van der Waals surface area contributed by atoms with E-state index in [-0.39, 0.29) is 44.0 Å². The number of carbonyl (C=O) groups excluding carboxylic acids is 1. The molecule has 3 aromatic rings. The summed E-state index contributed by atoms with van der Waals surface area (Å²) in [5.74, 6) is -4.37. The number of aliphatic imine (C=N–C) groups is 1. The van der Waals surface area contributed by atoms with Crippen LogP contribution in [0.25, 0.3) is 0 Å². The predicted octanol–water partition coefficient (Wildman–Crippen LogP) is 6.80. The summed E-state index contributed by atoms with van der Waals surface area (Å²) in [5, 5.41) is 10.8. The number of nitrogens with zero attached hydrogens (tertiary/aromatic N) is 1. The van der Waals surface area contributed by atoms with Crippen LogP contribution in [0.4, 0.5) is 0 Å². The molecule has 0 spiro atoms. The average molecular weight is 676 g/mol. The van der Waals surface area contributed by atoms with E-state index in [0.717, 1.165) is 11.1 Å². The van der Waals surface area contributed by atoms with Crippen LogP contribution in [-0.2, 0) is 33.3 Å². The summed E-state index contributed by atoms with van der Waals surface area (Å²) in [4.78, 5) is 31.3. The lowest BCUT2D eigenvalue weighted by atomic mass is 9.75. The van der Waals surface area contributed by atoms with Gasteiger partial charge in [0.05, 0.1) is 50.9 Å². The Balaban J connectivity index is 1.34. The molecule has 0 saturated carbocycles. The third-order valence-corrected chi connectivity index (χ3v) is 8.67. The van der Waals surface area contributed by atoms with E-state index in [0.29, 0.717) is 41.6 Å². The number of carbonyl (C=O) groups is 2. The van der Waals surface area contributed by atoms with Gasteiger partial charge in [0.2, 0.25) is 0 Å². The second-order valence-corrected chi connectivity index (χ2v) is 12.8. The molecule has 1 N–H and O–H groups in total. The van der Waals surface area contributed by atoms with E-state index in [1.807, 2.05) is 50.2 Å². The van der Waals surface area contributed by atoms with E-state index in [1.54, 1.807) is 31.2 Å². The summed E-state index contributed by atoms with van der Waals surface area (Å²) in [6, 6.07) is 27.0. The zero-order chi connectivity index (χ0) is 34.1. The molecular weight excluding hydrogens is 634 g/mol. The maximum atomic E-state index is 14.1. The molecule has 0 radical (unpaired) electrons. The highest BCUT2D eigenvalue weighted by atomic mass is 35.5. The Bertz CT molecular complexity index is 1570. The Labute approximate surface area is 286 Å². The van der Waals surface area contributed by atoms with Crippen molar-refractivity contribution in [2.24, 2.45) is 10.9 Å². The molecule has 254 valence electrons. The molecule has 0 aliphatic carbocycles. The van der Waals surface area contributed by atoms with E-state index in [9.17, 15) is 14.7 Å². The molecule has 0 bridgehead atoms. The minimum atomic E-state index is -1.10. The van der Waals surface area contributed by atoms with Crippen LogP contribution in [0, 0.1) is 5.92 Å². The van der Waals surface area contributed by atoms with Crippen LogP contribution in [-0.4, -0.2) is 74.3 Å². The fraction of sp³-hybridized carbons (Fsp3) is 0.395. The number of aliphatic carboxylic acids is 1. The minimum absolute atomic E-state index is 0.00799. The molecule has 3 aromatic carbocycles. The third kappa shape index (κ3) is 9.18. The Morgan fingerprint density at radius 3 is 2.23 bits per heavy atom. The first-order valence-corrected chi connectivity index (χ1v) is 16.5. The molecule has 3 atom stereocenters.